The van der Waals surface area contributed by atoms with Crippen LogP contribution in [0.1, 0.15) is 0 Å². The number of nitrogens with zero attached hydrogens (tertiary/aromatic N) is 2. The largest absolute Gasteiger partial charge is 0.310 e. The quantitative estimate of drug-likeness (QED) is 0.140. The van der Waals surface area contributed by atoms with E-state index in [1.54, 1.807) is 0 Å². The molecule has 0 aliphatic carbocycles. The topological polar surface area (TPSA) is 8.17 Å². The summed E-state index contributed by atoms with van der Waals surface area (Å²) in [6, 6.07) is 102. The lowest BCUT2D eigenvalue weighted by Gasteiger charge is -2.28. The fraction of sp³-hybridized carbons (Fsp3) is 0. The van der Waals surface area contributed by atoms with Gasteiger partial charge in [0, 0.05) is 33.1 Å². The number of hydrogen-bond acceptors (Lipinski definition) is 1. The monoisotopic (exact) mass is 890 g/mol. The van der Waals surface area contributed by atoms with E-state index < -0.39 is 0 Å². The first kappa shape index (κ1) is 41.0. The lowest BCUT2D eigenvalue weighted by Crippen LogP contribution is -2.11. The van der Waals surface area contributed by atoms with Gasteiger partial charge in [0.1, 0.15) is 0 Å². The zero-order chi connectivity index (χ0) is 46.4. The molecule has 1 aromatic heterocycles. The molecule has 1 heterocycles. The third kappa shape index (κ3) is 7.22. The molecule has 0 bridgehead atoms. The van der Waals surface area contributed by atoms with E-state index >= 15 is 0 Å². The highest BCUT2D eigenvalue weighted by Gasteiger charge is 2.21. The minimum absolute atomic E-state index is 1.08. The van der Waals surface area contributed by atoms with E-state index in [0.29, 0.717) is 0 Å². The summed E-state index contributed by atoms with van der Waals surface area (Å²) < 4.78 is 2.45. The molecule has 0 saturated carbocycles. The van der Waals surface area contributed by atoms with Crippen LogP contribution in [-0.2, 0) is 0 Å². The lowest BCUT2D eigenvalue weighted by atomic mass is 9.94. The van der Waals surface area contributed by atoms with E-state index in [-0.39, 0.29) is 0 Å². The van der Waals surface area contributed by atoms with Gasteiger partial charge in [-0.05, 0) is 121 Å². The second-order valence-corrected chi connectivity index (χ2v) is 18.0. The van der Waals surface area contributed by atoms with Gasteiger partial charge in [0.25, 0.3) is 0 Å². The van der Waals surface area contributed by atoms with E-state index in [0.717, 1.165) is 28.2 Å². The number of para-hydroxylation sites is 2. The third-order valence-corrected chi connectivity index (χ3v) is 14.0. The van der Waals surface area contributed by atoms with Crippen LogP contribution in [0, 0.1) is 0 Å². The predicted octanol–water partition coefficient (Wildman–Crippen LogP) is 18.9. The average molecular weight is 891 g/mol. The fourth-order valence-electron chi connectivity index (χ4n) is 10.7. The van der Waals surface area contributed by atoms with E-state index in [9.17, 15) is 0 Å². The Morgan fingerprint density at radius 3 is 1.43 bits per heavy atom. The van der Waals surface area contributed by atoms with Crippen LogP contribution >= 0.6 is 0 Å². The van der Waals surface area contributed by atoms with Crippen molar-refractivity contribution in [1.29, 1.82) is 0 Å². The molecule has 2 heteroatoms. The molecule has 0 saturated heterocycles. The summed E-state index contributed by atoms with van der Waals surface area (Å²) in [5, 5.41) is 7.47. The van der Waals surface area contributed by atoms with Gasteiger partial charge < -0.3 is 9.47 Å². The Balaban J connectivity index is 0.908. The van der Waals surface area contributed by atoms with Gasteiger partial charge in [-0.15, -0.1) is 0 Å². The minimum atomic E-state index is 1.08. The van der Waals surface area contributed by atoms with Crippen molar-refractivity contribution in [2.45, 2.75) is 0 Å². The van der Waals surface area contributed by atoms with Crippen LogP contribution in [0.25, 0.3) is 105 Å². The maximum atomic E-state index is 2.45. The molecule has 328 valence electrons. The normalized spacial score (nSPS) is 11.4. The van der Waals surface area contributed by atoms with Gasteiger partial charge in [0.2, 0.25) is 0 Å². The molecule has 0 fully saturated rings. The van der Waals surface area contributed by atoms with Crippen LogP contribution in [0.4, 0.5) is 17.1 Å². The van der Waals surface area contributed by atoms with Crippen molar-refractivity contribution in [1.82, 2.24) is 4.57 Å². The summed E-state index contributed by atoms with van der Waals surface area (Å²) in [5.41, 5.74) is 18.7. The van der Waals surface area contributed by atoms with Crippen molar-refractivity contribution in [2.24, 2.45) is 0 Å². The summed E-state index contributed by atoms with van der Waals surface area (Å²) in [5.74, 6) is 0. The van der Waals surface area contributed by atoms with Crippen molar-refractivity contribution < 1.29 is 0 Å². The number of benzene rings is 12. The van der Waals surface area contributed by atoms with E-state index in [1.165, 1.54) is 93.5 Å². The maximum Gasteiger partial charge on any atom is 0.0547 e. The average Bonchev–Trinajstić information content (AvgIpc) is 3.78. The Morgan fingerprint density at radius 2 is 0.700 bits per heavy atom. The molecular formula is C68H46N2. The van der Waals surface area contributed by atoms with Crippen LogP contribution in [0.3, 0.4) is 0 Å². The summed E-state index contributed by atoms with van der Waals surface area (Å²) >= 11 is 0. The van der Waals surface area contributed by atoms with Crippen molar-refractivity contribution in [3.63, 3.8) is 0 Å². The minimum Gasteiger partial charge on any atom is -0.310 e. The third-order valence-electron chi connectivity index (χ3n) is 14.0. The standard InChI is InChI=1S/C68H46N2/c1-2-16-47(17-3-1)49-38-42-56(43-39-49)69(57-44-40-50(41-45-57)48-34-36-53(37-35-48)59-28-13-20-51-18-4-6-24-58(51)59)64-30-10-8-26-61(64)54-22-12-23-55(46-54)62-29-15-33-67-68(62)63-27-9-11-31-66(63)70(67)65-32-14-21-52-19-5-7-25-60(52)65/h1-46H. The zero-order valence-corrected chi connectivity index (χ0v) is 38.5. The zero-order valence-electron chi connectivity index (χ0n) is 38.5. The Bertz CT molecular complexity index is 4020. The summed E-state index contributed by atoms with van der Waals surface area (Å²) in [6.07, 6.45) is 0. The first-order chi connectivity index (χ1) is 34.7. The Kier molecular flexibility index (Phi) is 10.2. The molecule has 0 aliphatic heterocycles. The highest BCUT2D eigenvalue weighted by Crippen LogP contribution is 2.45. The van der Waals surface area contributed by atoms with Crippen molar-refractivity contribution >= 4 is 60.4 Å². The number of fused-ring (bicyclic) bond motifs is 5. The predicted molar refractivity (Wildman–Crippen MR) is 298 cm³/mol. The molecule has 13 rings (SSSR count). The summed E-state index contributed by atoms with van der Waals surface area (Å²) in [6.45, 7) is 0. The Labute approximate surface area is 408 Å². The van der Waals surface area contributed by atoms with Gasteiger partial charge in [-0.3, -0.25) is 0 Å². The molecule has 0 amide bonds. The SMILES string of the molecule is c1ccc(-c2ccc(N(c3ccc(-c4ccc(-c5cccc6ccccc56)cc4)cc3)c3ccccc3-c3cccc(-c4cccc5c4c4ccccc4n5-c4cccc5ccccc45)c3)cc2)cc1. The molecule has 70 heavy (non-hydrogen) atoms. The number of aromatic nitrogens is 1. The lowest BCUT2D eigenvalue weighted by molar-refractivity contribution is 1.20. The maximum absolute atomic E-state index is 2.45. The van der Waals surface area contributed by atoms with Crippen molar-refractivity contribution in [3.05, 3.63) is 279 Å². The first-order valence-corrected chi connectivity index (χ1v) is 24.1. The van der Waals surface area contributed by atoms with E-state index in [4.69, 9.17) is 0 Å². The second kappa shape index (κ2) is 17.4. The van der Waals surface area contributed by atoms with Gasteiger partial charge in [-0.25, -0.2) is 0 Å². The van der Waals surface area contributed by atoms with Crippen LogP contribution in [0.5, 0.6) is 0 Å². The second-order valence-electron chi connectivity index (χ2n) is 18.0. The molecule has 0 radical (unpaired) electrons. The van der Waals surface area contributed by atoms with Gasteiger partial charge in [0.05, 0.1) is 22.4 Å². The Morgan fingerprint density at radius 1 is 0.257 bits per heavy atom. The van der Waals surface area contributed by atoms with Crippen molar-refractivity contribution in [3.8, 4) is 61.3 Å². The smallest absolute Gasteiger partial charge is 0.0547 e. The van der Waals surface area contributed by atoms with Gasteiger partial charge >= 0.3 is 0 Å². The van der Waals surface area contributed by atoms with Crippen LogP contribution in [-0.4, -0.2) is 4.57 Å². The number of hydrogen-bond donors (Lipinski definition) is 0. The molecular weight excluding hydrogens is 845 g/mol. The van der Waals surface area contributed by atoms with Crippen molar-refractivity contribution in [2.75, 3.05) is 4.90 Å². The molecule has 0 unspecified atom stereocenters. The number of anilines is 3. The number of rotatable bonds is 9. The molecule has 12 aromatic carbocycles. The van der Waals surface area contributed by atoms with Gasteiger partial charge in [0.15, 0.2) is 0 Å². The van der Waals surface area contributed by atoms with Gasteiger partial charge in [-0.1, -0.05) is 224 Å². The van der Waals surface area contributed by atoms with E-state index in [1.807, 2.05) is 0 Å². The molecule has 0 aliphatic rings. The molecule has 0 spiro atoms. The fourth-order valence-corrected chi connectivity index (χ4v) is 10.7. The van der Waals surface area contributed by atoms with Gasteiger partial charge in [-0.2, -0.15) is 0 Å². The summed E-state index contributed by atoms with van der Waals surface area (Å²) in [4.78, 5) is 2.41. The van der Waals surface area contributed by atoms with Crippen LogP contribution < -0.4 is 4.90 Å². The molecule has 13 aromatic rings. The van der Waals surface area contributed by atoms with E-state index in [2.05, 4.69) is 289 Å². The Hall–Kier alpha value is -9.24. The molecule has 0 N–H and O–H groups in total. The highest BCUT2D eigenvalue weighted by atomic mass is 15.1. The van der Waals surface area contributed by atoms with Crippen LogP contribution in [0.15, 0.2) is 279 Å². The highest BCUT2D eigenvalue weighted by molar-refractivity contribution is 6.16. The van der Waals surface area contributed by atoms with Crippen LogP contribution in [0.2, 0.25) is 0 Å². The molecule has 2 nitrogen and oxygen atoms in total. The molecule has 0 atom stereocenters. The first-order valence-electron chi connectivity index (χ1n) is 24.1. The summed E-state index contributed by atoms with van der Waals surface area (Å²) in [7, 11) is 0.